The SMILES string of the molecule is Oc1ccc(CNc2ccccc2N2CCOCC2)cc1. The van der Waals surface area contributed by atoms with Gasteiger partial charge < -0.3 is 20.1 Å². The van der Waals surface area contributed by atoms with Crippen LogP contribution in [0.2, 0.25) is 0 Å². The van der Waals surface area contributed by atoms with E-state index in [4.69, 9.17) is 4.74 Å². The van der Waals surface area contributed by atoms with Gasteiger partial charge in [-0.25, -0.2) is 0 Å². The quantitative estimate of drug-likeness (QED) is 0.906. The van der Waals surface area contributed by atoms with Gasteiger partial charge in [0.1, 0.15) is 5.75 Å². The number of phenols is 1. The highest BCUT2D eigenvalue weighted by Gasteiger charge is 2.14. The zero-order valence-electron chi connectivity index (χ0n) is 12.0. The summed E-state index contributed by atoms with van der Waals surface area (Å²) >= 11 is 0. The number of nitrogens with one attached hydrogen (secondary N) is 1. The second-order valence-corrected chi connectivity index (χ2v) is 5.14. The molecule has 110 valence electrons. The van der Waals surface area contributed by atoms with Crippen LogP contribution in [0.15, 0.2) is 48.5 Å². The minimum absolute atomic E-state index is 0.299. The first-order valence-corrected chi connectivity index (χ1v) is 7.26. The smallest absolute Gasteiger partial charge is 0.115 e. The highest BCUT2D eigenvalue weighted by Crippen LogP contribution is 2.26. The summed E-state index contributed by atoms with van der Waals surface area (Å²) in [5.41, 5.74) is 3.50. The van der Waals surface area contributed by atoms with Crippen molar-refractivity contribution in [3.63, 3.8) is 0 Å². The van der Waals surface area contributed by atoms with Crippen LogP contribution in [0.5, 0.6) is 5.75 Å². The molecule has 0 aliphatic carbocycles. The van der Waals surface area contributed by atoms with Crippen molar-refractivity contribution >= 4 is 11.4 Å². The van der Waals surface area contributed by atoms with E-state index in [2.05, 4.69) is 28.4 Å². The van der Waals surface area contributed by atoms with Gasteiger partial charge in [0, 0.05) is 19.6 Å². The number of phenolic OH excluding ortho intramolecular Hbond substituents is 1. The number of nitrogens with zero attached hydrogens (tertiary/aromatic N) is 1. The molecule has 21 heavy (non-hydrogen) atoms. The van der Waals surface area contributed by atoms with E-state index in [1.807, 2.05) is 18.2 Å². The number of anilines is 2. The van der Waals surface area contributed by atoms with Crippen molar-refractivity contribution in [2.75, 3.05) is 36.5 Å². The summed E-state index contributed by atoms with van der Waals surface area (Å²) in [6.45, 7) is 4.16. The highest BCUT2D eigenvalue weighted by molar-refractivity contribution is 5.70. The molecule has 1 aliphatic heterocycles. The van der Waals surface area contributed by atoms with Crippen LogP contribution in [0.1, 0.15) is 5.56 Å². The van der Waals surface area contributed by atoms with Gasteiger partial charge in [0.25, 0.3) is 0 Å². The van der Waals surface area contributed by atoms with E-state index < -0.39 is 0 Å². The van der Waals surface area contributed by atoms with Gasteiger partial charge in [-0.15, -0.1) is 0 Å². The fraction of sp³-hybridized carbons (Fsp3) is 0.294. The van der Waals surface area contributed by atoms with Crippen LogP contribution in [-0.2, 0) is 11.3 Å². The minimum Gasteiger partial charge on any atom is -0.508 e. The first-order valence-electron chi connectivity index (χ1n) is 7.26. The molecule has 3 rings (SSSR count). The van der Waals surface area contributed by atoms with Gasteiger partial charge in [-0.3, -0.25) is 0 Å². The first kappa shape index (κ1) is 13.8. The maximum Gasteiger partial charge on any atom is 0.115 e. The van der Waals surface area contributed by atoms with Crippen molar-refractivity contribution in [2.24, 2.45) is 0 Å². The van der Waals surface area contributed by atoms with Gasteiger partial charge in [0.2, 0.25) is 0 Å². The van der Waals surface area contributed by atoms with Crippen LogP contribution in [0.3, 0.4) is 0 Å². The highest BCUT2D eigenvalue weighted by atomic mass is 16.5. The second-order valence-electron chi connectivity index (χ2n) is 5.14. The zero-order valence-corrected chi connectivity index (χ0v) is 12.0. The van der Waals surface area contributed by atoms with Gasteiger partial charge >= 0.3 is 0 Å². The summed E-state index contributed by atoms with van der Waals surface area (Å²) in [5, 5.41) is 12.8. The average molecular weight is 284 g/mol. The Bertz CT molecular complexity index is 578. The van der Waals surface area contributed by atoms with E-state index in [0.29, 0.717) is 5.75 Å². The molecule has 1 heterocycles. The van der Waals surface area contributed by atoms with Crippen molar-refractivity contribution in [3.05, 3.63) is 54.1 Å². The number of para-hydroxylation sites is 2. The van der Waals surface area contributed by atoms with Gasteiger partial charge in [0.15, 0.2) is 0 Å². The molecule has 0 unspecified atom stereocenters. The Balaban J connectivity index is 1.71. The Labute approximate surface area is 125 Å². The average Bonchev–Trinajstić information content (AvgIpc) is 2.55. The third-order valence-corrected chi connectivity index (χ3v) is 3.68. The van der Waals surface area contributed by atoms with E-state index in [1.54, 1.807) is 12.1 Å². The third kappa shape index (κ3) is 3.47. The Kier molecular flexibility index (Phi) is 4.26. The number of aromatic hydroxyl groups is 1. The fourth-order valence-electron chi connectivity index (χ4n) is 2.51. The molecule has 0 bridgehead atoms. The molecule has 4 nitrogen and oxygen atoms in total. The predicted octanol–water partition coefficient (Wildman–Crippen LogP) is 2.84. The number of benzene rings is 2. The lowest BCUT2D eigenvalue weighted by Crippen LogP contribution is -2.36. The van der Waals surface area contributed by atoms with E-state index in [0.717, 1.165) is 44.1 Å². The number of morpholine rings is 1. The van der Waals surface area contributed by atoms with E-state index in [-0.39, 0.29) is 0 Å². The van der Waals surface area contributed by atoms with Crippen LogP contribution >= 0.6 is 0 Å². The number of hydrogen-bond acceptors (Lipinski definition) is 4. The van der Waals surface area contributed by atoms with Crippen LogP contribution in [0.4, 0.5) is 11.4 Å². The van der Waals surface area contributed by atoms with Crippen LogP contribution in [-0.4, -0.2) is 31.4 Å². The summed E-state index contributed by atoms with van der Waals surface area (Å²) in [7, 11) is 0. The standard InChI is InChI=1S/C17H20N2O2/c20-15-7-5-14(6-8-15)13-18-16-3-1-2-4-17(16)19-9-11-21-12-10-19/h1-8,18,20H,9-13H2. The van der Waals surface area contributed by atoms with E-state index in [9.17, 15) is 5.11 Å². The molecular formula is C17H20N2O2. The van der Waals surface area contributed by atoms with E-state index >= 15 is 0 Å². The summed E-state index contributed by atoms with van der Waals surface area (Å²) in [4.78, 5) is 2.35. The normalized spacial score (nSPS) is 15.0. The molecule has 1 saturated heterocycles. The molecule has 0 atom stereocenters. The Morgan fingerprint density at radius 1 is 1.00 bits per heavy atom. The molecular weight excluding hydrogens is 264 g/mol. The molecule has 0 spiro atoms. The molecule has 0 saturated carbocycles. The number of rotatable bonds is 4. The molecule has 2 aromatic carbocycles. The Morgan fingerprint density at radius 3 is 2.48 bits per heavy atom. The van der Waals surface area contributed by atoms with Crippen molar-refractivity contribution in [3.8, 4) is 5.75 Å². The van der Waals surface area contributed by atoms with Crippen LogP contribution in [0.25, 0.3) is 0 Å². The van der Waals surface area contributed by atoms with Crippen molar-refractivity contribution < 1.29 is 9.84 Å². The summed E-state index contributed by atoms with van der Waals surface area (Å²) in [6.07, 6.45) is 0. The van der Waals surface area contributed by atoms with Crippen molar-refractivity contribution in [1.82, 2.24) is 0 Å². The molecule has 2 N–H and O–H groups in total. The topological polar surface area (TPSA) is 44.7 Å². The predicted molar refractivity (Wildman–Crippen MR) is 84.9 cm³/mol. The van der Waals surface area contributed by atoms with Crippen LogP contribution < -0.4 is 10.2 Å². The van der Waals surface area contributed by atoms with Crippen molar-refractivity contribution in [2.45, 2.75) is 6.54 Å². The molecule has 2 aromatic rings. The number of hydrogen-bond donors (Lipinski definition) is 2. The largest absolute Gasteiger partial charge is 0.508 e. The van der Waals surface area contributed by atoms with E-state index in [1.165, 1.54) is 5.69 Å². The summed E-state index contributed by atoms with van der Waals surface area (Å²) in [5.74, 6) is 0.299. The monoisotopic (exact) mass is 284 g/mol. The minimum atomic E-state index is 0.299. The molecule has 0 aromatic heterocycles. The second kappa shape index (κ2) is 6.50. The molecule has 0 amide bonds. The fourth-order valence-corrected chi connectivity index (χ4v) is 2.51. The number of ether oxygens (including phenoxy) is 1. The van der Waals surface area contributed by atoms with Gasteiger partial charge in [0.05, 0.1) is 24.6 Å². The summed E-state index contributed by atoms with van der Waals surface area (Å²) in [6, 6.07) is 15.6. The third-order valence-electron chi connectivity index (χ3n) is 3.68. The van der Waals surface area contributed by atoms with Crippen molar-refractivity contribution in [1.29, 1.82) is 0 Å². The lowest BCUT2D eigenvalue weighted by atomic mass is 10.2. The maximum absolute atomic E-state index is 9.32. The van der Waals surface area contributed by atoms with Gasteiger partial charge in [-0.1, -0.05) is 24.3 Å². The molecule has 1 aliphatic rings. The van der Waals surface area contributed by atoms with Gasteiger partial charge in [-0.2, -0.15) is 0 Å². The first-order chi connectivity index (χ1) is 10.3. The Morgan fingerprint density at radius 2 is 1.71 bits per heavy atom. The Hall–Kier alpha value is -2.20. The zero-order chi connectivity index (χ0) is 14.5. The molecule has 0 radical (unpaired) electrons. The van der Waals surface area contributed by atoms with Crippen LogP contribution in [0, 0.1) is 0 Å². The maximum atomic E-state index is 9.32. The summed E-state index contributed by atoms with van der Waals surface area (Å²) < 4.78 is 5.42. The van der Waals surface area contributed by atoms with Gasteiger partial charge in [-0.05, 0) is 29.8 Å². The lowest BCUT2D eigenvalue weighted by molar-refractivity contribution is 0.123. The molecule has 1 fully saturated rings. The lowest BCUT2D eigenvalue weighted by Gasteiger charge is -2.30. The molecule has 4 heteroatoms.